The molecular formula is C29H28FN5O4. The number of aromatic nitrogens is 3. The lowest BCUT2D eigenvalue weighted by molar-refractivity contribution is -0.113. The Morgan fingerprint density at radius 3 is 2.62 bits per heavy atom. The molecule has 1 atom stereocenters. The highest BCUT2D eigenvalue weighted by Gasteiger charge is 2.34. The summed E-state index contributed by atoms with van der Waals surface area (Å²) in [5, 5.41) is 10.5. The van der Waals surface area contributed by atoms with Gasteiger partial charge in [-0.2, -0.15) is 10.1 Å². The molecule has 0 spiro atoms. The number of carbonyl (C=O) groups is 1. The highest BCUT2D eigenvalue weighted by Crippen LogP contribution is 2.39. The van der Waals surface area contributed by atoms with Crippen molar-refractivity contribution >= 4 is 17.5 Å². The molecule has 10 heteroatoms. The summed E-state index contributed by atoms with van der Waals surface area (Å²) in [6.45, 7) is 4.36. The smallest absolute Gasteiger partial charge is 0.255 e. The molecule has 9 nitrogen and oxygen atoms in total. The molecule has 4 aromatic rings. The minimum absolute atomic E-state index is 0.242. The molecule has 1 amide bonds. The Balaban J connectivity index is 1.49. The Labute approximate surface area is 225 Å². The molecule has 0 saturated carbocycles. The van der Waals surface area contributed by atoms with Crippen molar-refractivity contribution in [2.75, 3.05) is 24.4 Å². The second-order valence-corrected chi connectivity index (χ2v) is 8.80. The number of methoxy groups -OCH3 is 1. The van der Waals surface area contributed by atoms with E-state index in [0.717, 1.165) is 11.1 Å². The Morgan fingerprint density at radius 2 is 1.85 bits per heavy atom. The van der Waals surface area contributed by atoms with E-state index in [1.807, 2.05) is 38.1 Å². The third kappa shape index (κ3) is 5.40. The van der Waals surface area contributed by atoms with E-state index in [1.54, 1.807) is 42.1 Å². The number of para-hydroxylation sites is 2. The lowest BCUT2D eigenvalue weighted by Gasteiger charge is -2.29. The summed E-state index contributed by atoms with van der Waals surface area (Å²) >= 11 is 0. The van der Waals surface area contributed by atoms with Gasteiger partial charge in [0.05, 0.1) is 25.0 Å². The normalized spacial score (nSPS) is 14.3. The van der Waals surface area contributed by atoms with Crippen LogP contribution in [-0.2, 0) is 11.4 Å². The van der Waals surface area contributed by atoms with Crippen LogP contribution < -0.4 is 24.8 Å². The zero-order chi connectivity index (χ0) is 27.4. The lowest BCUT2D eigenvalue weighted by atomic mass is 9.94. The minimum Gasteiger partial charge on any atom is -0.495 e. The third-order valence-corrected chi connectivity index (χ3v) is 6.29. The average Bonchev–Trinajstić information content (AvgIpc) is 3.41. The molecule has 0 fully saturated rings. The van der Waals surface area contributed by atoms with Crippen LogP contribution in [0.5, 0.6) is 17.2 Å². The van der Waals surface area contributed by atoms with Crippen molar-refractivity contribution in [1.82, 2.24) is 14.8 Å². The number of hydrogen-bond acceptors (Lipinski definition) is 7. The number of amides is 1. The summed E-state index contributed by atoms with van der Waals surface area (Å²) in [6, 6.07) is 18.3. The van der Waals surface area contributed by atoms with E-state index in [0.29, 0.717) is 46.8 Å². The molecular weight excluding hydrogens is 501 g/mol. The first-order valence-corrected chi connectivity index (χ1v) is 12.4. The van der Waals surface area contributed by atoms with Gasteiger partial charge in [-0.25, -0.2) is 9.07 Å². The molecule has 0 saturated heterocycles. The molecule has 3 aromatic carbocycles. The van der Waals surface area contributed by atoms with Crippen LogP contribution >= 0.6 is 0 Å². The molecule has 2 N–H and O–H groups in total. The van der Waals surface area contributed by atoms with Gasteiger partial charge in [0.2, 0.25) is 5.95 Å². The van der Waals surface area contributed by atoms with Gasteiger partial charge >= 0.3 is 0 Å². The number of rotatable bonds is 9. The van der Waals surface area contributed by atoms with E-state index < -0.39 is 6.04 Å². The molecule has 0 radical (unpaired) electrons. The van der Waals surface area contributed by atoms with Crippen LogP contribution in [0.2, 0.25) is 0 Å². The standard InChI is InChI=1S/C29H28FN5O4/c1-4-38-25-15-20(11-14-24(25)39-16-19-9-12-21(30)13-10-19)27-26(18(2)33-29-31-17-32-35(27)29)28(36)34-22-7-5-6-8-23(22)37-3/h5-15,17,27H,4,16H2,1-3H3,(H,34,36)(H,31,32,33)/t27-/m0/s1. The van der Waals surface area contributed by atoms with E-state index in [4.69, 9.17) is 14.2 Å². The summed E-state index contributed by atoms with van der Waals surface area (Å²) in [4.78, 5) is 18.0. The number of anilines is 2. The second kappa shape index (κ2) is 11.3. The maximum atomic E-state index is 13.7. The number of nitrogens with zero attached hydrogens (tertiary/aromatic N) is 3. The Morgan fingerprint density at radius 1 is 1.05 bits per heavy atom. The summed E-state index contributed by atoms with van der Waals surface area (Å²) in [6.07, 6.45) is 1.44. The van der Waals surface area contributed by atoms with E-state index in [2.05, 4.69) is 20.7 Å². The molecule has 0 unspecified atom stereocenters. The van der Waals surface area contributed by atoms with Gasteiger partial charge in [0.1, 0.15) is 30.5 Å². The summed E-state index contributed by atoms with van der Waals surface area (Å²) in [7, 11) is 1.55. The molecule has 0 bridgehead atoms. The van der Waals surface area contributed by atoms with Crippen molar-refractivity contribution in [3.63, 3.8) is 0 Å². The maximum absolute atomic E-state index is 13.7. The van der Waals surface area contributed by atoms with Crippen molar-refractivity contribution in [3.8, 4) is 17.2 Å². The first kappa shape index (κ1) is 25.8. The van der Waals surface area contributed by atoms with Crippen molar-refractivity contribution in [2.45, 2.75) is 26.5 Å². The van der Waals surface area contributed by atoms with Crippen molar-refractivity contribution in [1.29, 1.82) is 0 Å². The van der Waals surface area contributed by atoms with Crippen LogP contribution in [0.3, 0.4) is 0 Å². The van der Waals surface area contributed by atoms with Crippen LogP contribution in [0.25, 0.3) is 0 Å². The van der Waals surface area contributed by atoms with Crippen molar-refractivity contribution in [3.05, 3.63) is 101 Å². The van der Waals surface area contributed by atoms with Crippen LogP contribution in [-0.4, -0.2) is 34.4 Å². The number of benzene rings is 3. The van der Waals surface area contributed by atoms with Crippen LogP contribution in [0, 0.1) is 5.82 Å². The largest absolute Gasteiger partial charge is 0.495 e. The predicted octanol–water partition coefficient (Wildman–Crippen LogP) is 5.33. The fourth-order valence-corrected chi connectivity index (χ4v) is 4.45. The molecule has 39 heavy (non-hydrogen) atoms. The topological polar surface area (TPSA) is 99.5 Å². The first-order chi connectivity index (χ1) is 19.0. The van der Waals surface area contributed by atoms with Gasteiger partial charge in [-0.05, 0) is 61.4 Å². The second-order valence-electron chi connectivity index (χ2n) is 8.80. The number of ether oxygens (including phenoxy) is 3. The lowest BCUT2D eigenvalue weighted by Crippen LogP contribution is -2.31. The number of fused-ring (bicyclic) bond motifs is 1. The Bertz CT molecular complexity index is 1520. The van der Waals surface area contributed by atoms with Gasteiger partial charge in [-0.15, -0.1) is 0 Å². The number of nitrogens with one attached hydrogen (secondary N) is 2. The van der Waals surface area contributed by atoms with Gasteiger partial charge in [0.15, 0.2) is 11.5 Å². The molecule has 1 aromatic heterocycles. The number of allylic oxidation sites excluding steroid dienone is 1. The van der Waals surface area contributed by atoms with Gasteiger partial charge in [0, 0.05) is 5.70 Å². The third-order valence-electron chi connectivity index (χ3n) is 6.29. The molecule has 0 aliphatic carbocycles. The quantitative estimate of drug-likeness (QED) is 0.302. The monoisotopic (exact) mass is 529 g/mol. The average molecular weight is 530 g/mol. The Hall–Kier alpha value is -4.86. The zero-order valence-corrected chi connectivity index (χ0v) is 21.8. The highest BCUT2D eigenvalue weighted by molar-refractivity contribution is 6.06. The van der Waals surface area contributed by atoms with Gasteiger partial charge < -0.3 is 24.8 Å². The van der Waals surface area contributed by atoms with Crippen LogP contribution in [0.4, 0.5) is 16.0 Å². The zero-order valence-electron chi connectivity index (χ0n) is 21.8. The number of halogens is 1. The fourth-order valence-electron chi connectivity index (χ4n) is 4.45. The highest BCUT2D eigenvalue weighted by atomic mass is 19.1. The summed E-state index contributed by atoms with van der Waals surface area (Å²) < 4.78 is 32.3. The van der Waals surface area contributed by atoms with Gasteiger partial charge in [0.25, 0.3) is 5.91 Å². The van der Waals surface area contributed by atoms with E-state index >= 15 is 0 Å². The van der Waals surface area contributed by atoms with Crippen LogP contribution in [0.1, 0.15) is 31.0 Å². The SMILES string of the molecule is CCOc1cc([C@H]2C(C(=O)Nc3ccccc3OC)=C(C)Nc3ncnn32)ccc1OCc1ccc(F)cc1. The van der Waals surface area contributed by atoms with Crippen molar-refractivity contribution in [2.24, 2.45) is 0 Å². The molecule has 200 valence electrons. The van der Waals surface area contributed by atoms with E-state index in [1.165, 1.54) is 18.5 Å². The molecule has 2 heterocycles. The number of carbonyl (C=O) groups excluding carboxylic acids is 1. The minimum atomic E-state index is -0.594. The molecule has 5 rings (SSSR count). The maximum Gasteiger partial charge on any atom is 0.255 e. The van der Waals surface area contributed by atoms with E-state index in [-0.39, 0.29) is 18.3 Å². The predicted molar refractivity (Wildman–Crippen MR) is 144 cm³/mol. The summed E-state index contributed by atoms with van der Waals surface area (Å²) in [5.41, 5.74) is 3.23. The molecule has 1 aliphatic rings. The summed E-state index contributed by atoms with van der Waals surface area (Å²) in [5.74, 6) is 1.48. The first-order valence-electron chi connectivity index (χ1n) is 12.4. The molecule has 1 aliphatic heterocycles. The van der Waals surface area contributed by atoms with Crippen molar-refractivity contribution < 1.29 is 23.4 Å². The van der Waals surface area contributed by atoms with Crippen LogP contribution in [0.15, 0.2) is 84.3 Å². The number of hydrogen-bond donors (Lipinski definition) is 2. The Kier molecular flexibility index (Phi) is 7.44. The van der Waals surface area contributed by atoms with Gasteiger partial charge in [-0.1, -0.05) is 30.3 Å². The van der Waals surface area contributed by atoms with Gasteiger partial charge in [-0.3, -0.25) is 4.79 Å². The van der Waals surface area contributed by atoms with E-state index in [9.17, 15) is 9.18 Å². The fraction of sp³-hybridized carbons (Fsp3) is 0.207.